The van der Waals surface area contributed by atoms with Crippen LogP contribution in [0, 0.1) is 0 Å². The summed E-state index contributed by atoms with van der Waals surface area (Å²) in [5.74, 6) is 0. The van der Waals surface area contributed by atoms with Gasteiger partial charge in [-0.15, -0.1) is 0 Å². The number of rotatable bonds is 0. The summed E-state index contributed by atoms with van der Waals surface area (Å²) < 4.78 is 0. The highest BCUT2D eigenvalue weighted by atomic mass is 14.0. The Hall–Kier alpha value is 0. The van der Waals surface area contributed by atoms with E-state index in [-0.39, 0.29) is 0 Å². The molecule has 0 heterocycles. The van der Waals surface area contributed by atoms with Gasteiger partial charge >= 0.3 is 0 Å². The van der Waals surface area contributed by atoms with Gasteiger partial charge in [0.05, 0.1) is 0 Å². The summed E-state index contributed by atoms with van der Waals surface area (Å²) in [4.78, 5) is 0. The Kier molecular flexibility index (Phi) is 98.0. The van der Waals surface area contributed by atoms with Gasteiger partial charge in [0, 0.05) is 0 Å². The molecule has 0 N–H and O–H groups in total. The molecule has 0 saturated heterocycles. The fraction of sp³-hybridized carbons (Fsp3) is 1.00. The minimum Gasteiger partial charge on any atom is -0.0683 e. The molecule has 0 aromatic rings. The number of hydrogen-bond donors (Lipinski definition) is 0. The van der Waals surface area contributed by atoms with E-state index in [1.807, 2.05) is 83.1 Å². The molecule has 3 aliphatic rings. The van der Waals surface area contributed by atoms with Crippen molar-refractivity contribution in [1.29, 1.82) is 0 Å². The van der Waals surface area contributed by atoms with Crippen LogP contribution < -0.4 is 0 Å². The van der Waals surface area contributed by atoms with Crippen molar-refractivity contribution in [3.05, 3.63) is 0 Å². The van der Waals surface area contributed by atoms with E-state index in [1.165, 1.54) is 135 Å². The van der Waals surface area contributed by atoms with Crippen LogP contribution >= 0.6 is 0 Å². The van der Waals surface area contributed by atoms with Crippen LogP contribution in [0.4, 0.5) is 0 Å². The molecule has 0 nitrogen and oxygen atoms in total. The Balaban J connectivity index is -0.0000000676. The molecule has 0 aromatic heterocycles. The zero-order valence-corrected chi connectivity index (χ0v) is 26.8. The second kappa shape index (κ2) is 69.7. The molecule has 0 bridgehead atoms. The maximum Gasteiger partial charge on any atom is -0.0533 e. The van der Waals surface area contributed by atoms with Gasteiger partial charge < -0.3 is 0 Å². The Labute approximate surface area is 217 Å². The van der Waals surface area contributed by atoms with Crippen molar-refractivity contribution < 1.29 is 0 Å². The Bertz CT molecular complexity index is 92.2. The van der Waals surface area contributed by atoms with Crippen LogP contribution in [0.5, 0.6) is 0 Å². The minimum atomic E-state index is 1.50. The molecule has 3 rings (SSSR count). The first-order chi connectivity index (χ1) is 16.5. The second-order valence-corrected chi connectivity index (χ2v) is 7.42. The third-order valence-electron chi connectivity index (χ3n) is 5.25. The lowest BCUT2D eigenvalue weighted by molar-refractivity contribution is 0.702. The quantitative estimate of drug-likeness (QED) is 0.306. The Morgan fingerprint density at radius 2 is 0.152 bits per heavy atom. The summed E-state index contributed by atoms with van der Waals surface area (Å²) in [5, 5.41) is 0. The molecule has 3 saturated carbocycles. The maximum atomic E-state index is 2.00. The summed E-state index contributed by atoms with van der Waals surface area (Å²) in [6, 6.07) is 0. The van der Waals surface area contributed by atoms with E-state index >= 15 is 0 Å². The van der Waals surface area contributed by atoms with Crippen molar-refractivity contribution in [3.63, 3.8) is 0 Å². The molecule has 0 aliphatic heterocycles. The fourth-order valence-electron chi connectivity index (χ4n) is 3.71. The zero-order valence-electron chi connectivity index (χ0n) is 26.8. The molecule has 33 heavy (non-hydrogen) atoms. The standard InChI is InChI=1S/3C7H14.6C2H6/c3*1-2-4-6-7-5-3-1;6*1-2/h3*1-7H2;6*1-2H3. The highest BCUT2D eigenvalue weighted by Crippen LogP contribution is 2.16. The highest BCUT2D eigenvalue weighted by molar-refractivity contribution is 4.52. The van der Waals surface area contributed by atoms with Crippen LogP contribution in [0.25, 0.3) is 0 Å². The van der Waals surface area contributed by atoms with Gasteiger partial charge in [-0.3, -0.25) is 0 Å². The van der Waals surface area contributed by atoms with Crippen LogP contribution in [-0.4, -0.2) is 0 Å². The summed E-state index contributed by atoms with van der Waals surface area (Å²) in [5.41, 5.74) is 0. The molecule has 0 heteroatoms. The topological polar surface area (TPSA) is 0 Å². The van der Waals surface area contributed by atoms with E-state index in [0.29, 0.717) is 0 Å². The molecule has 0 atom stereocenters. The van der Waals surface area contributed by atoms with Crippen molar-refractivity contribution in [1.82, 2.24) is 0 Å². The van der Waals surface area contributed by atoms with E-state index in [1.54, 1.807) is 0 Å². The molecular weight excluding hydrogens is 396 g/mol. The third-order valence-corrected chi connectivity index (χ3v) is 5.25. The predicted molar refractivity (Wildman–Crippen MR) is 165 cm³/mol. The van der Waals surface area contributed by atoms with Crippen molar-refractivity contribution in [2.24, 2.45) is 0 Å². The second-order valence-electron chi connectivity index (χ2n) is 7.42. The lowest BCUT2D eigenvalue weighted by Crippen LogP contribution is -1.66. The van der Waals surface area contributed by atoms with E-state index < -0.39 is 0 Å². The average molecular weight is 475 g/mol. The van der Waals surface area contributed by atoms with Gasteiger partial charge in [-0.1, -0.05) is 218 Å². The van der Waals surface area contributed by atoms with Crippen LogP contribution in [0.2, 0.25) is 0 Å². The van der Waals surface area contributed by atoms with Gasteiger partial charge in [0.15, 0.2) is 0 Å². The summed E-state index contributed by atoms with van der Waals surface area (Å²) >= 11 is 0. The molecule has 0 unspecified atom stereocenters. The van der Waals surface area contributed by atoms with Gasteiger partial charge in [-0.05, 0) is 0 Å². The molecule has 0 aromatic carbocycles. The lowest BCUT2D eigenvalue weighted by Gasteiger charge is -1.85. The molecule has 0 amide bonds. The zero-order chi connectivity index (χ0) is 26.8. The Morgan fingerprint density at radius 3 is 0.182 bits per heavy atom. The summed E-state index contributed by atoms with van der Waals surface area (Å²) in [6.07, 6.45) is 31.5. The average Bonchev–Trinajstić information content (AvgIpc) is 3.54. The maximum absolute atomic E-state index is 2.00. The predicted octanol–water partition coefficient (Wildman–Crippen LogP) is 14.3. The van der Waals surface area contributed by atoms with E-state index in [4.69, 9.17) is 0 Å². The highest BCUT2D eigenvalue weighted by Gasteiger charge is 1.96. The smallest absolute Gasteiger partial charge is 0.0533 e. The number of hydrogen-bond acceptors (Lipinski definition) is 0. The molecule has 3 fully saturated rings. The van der Waals surface area contributed by atoms with Crippen molar-refractivity contribution in [2.45, 2.75) is 218 Å². The summed E-state index contributed by atoms with van der Waals surface area (Å²) in [6.45, 7) is 24.0. The van der Waals surface area contributed by atoms with Gasteiger partial charge in [0.1, 0.15) is 0 Å². The van der Waals surface area contributed by atoms with Crippen LogP contribution in [0.1, 0.15) is 218 Å². The minimum absolute atomic E-state index is 1.50. The Morgan fingerprint density at radius 1 is 0.121 bits per heavy atom. The molecule has 210 valence electrons. The van der Waals surface area contributed by atoms with Gasteiger partial charge in [-0.25, -0.2) is 0 Å². The van der Waals surface area contributed by atoms with Gasteiger partial charge in [0.2, 0.25) is 0 Å². The third kappa shape index (κ3) is 65.3. The monoisotopic (exact) mass is 475 g/mol. The van der Waals surface area contributed by atoms with E-state index in [9.17, 15) is 0 Å². The van der Waals surface area contributed by atoms with Crippen LogP contribution in [0.15, 0.2) is 0 Å². The molecular formula is C33H78. The summed E-state index contributed by atoms with van der Waals surface area (Å²) in [7, 11) is 0. The first-order valence-corrected chi connectivity index (χ1v) is 16.5. The first kappa shape index (κ1) is 46.4. The fourth-order valence-corrected chi connectivity index (χ4v) is 3.71. The van der Waals surface area contributed by atoms with E-state index in [2.05, 4.69) is 0 Å². The SMILES string of the molecule is C1CCCCCC1.C1CCCCCC1.C1CCCCCC1.CC.CC.CC.CC.CC.CC. The van der Waals surface area contributed by atoms with Gasteiger partial charge in [-0.2, -0.15) is 0 Å². The van der Waals surface area contributed by atoms with Crippen LogP contribution in [-0.2, 0) is 0 Å². The molecule has 0 spiro atoms. The van der Waals surface area contributed by atoms with Crippen LogP contribution in [0.3, 0.4) is 0 Å². The van der Waals surface area contributed by atoms with Crippen molar-refractivity contribution in [3.8, 4) is 0 Å². The molecule has 0 radical (unpaired) electrons. The van der Waals surface area contributed by atoms with E-state index in [0.717, 1.165) is 0 Å². The van der Waals surface area contributed by atoms with Gasteiger partial charge in [0.25, 0.3) is 0 Å². The lowest BCUT2D eigenvalue weighted by atomic mass is 10.2. The first-order valence-electron chi connectivity index (χ1n) is 16.5. The van der Waals surface area contributed by atoms with Crippen molar-refractivity contribution in [2.75, 3.05) is 0 Å². The molecule has 3 aliphatic carbocycles. The van der Waals surface area contributed by atoms with Crippen molar-refractivity contribution >= 4 is 0 Å². The normalized spacial score (nSPS) is 16.4. The largest absolute Gasteiger partial charge is 0.0683 e.